The first-order chi connectivity index (χ1) is 13.8. The predicted molar refractivity (Wildman–Crippen MR) is 109 cm³/mol. The number of hydrogen-bond acceptors (Lipinski definition) is 5. The van der Waals surface area contributed by atoms with Gasteiger partial charge >= 0.3 is 5.97 Å². The minimum atomic E-state index is -1.33. The van der Waals surface area contributed by atoms with Crippen LogP contribution in [0.5, 0.6) is 0 Å². The Balaban J connectivity index is 1.71. The van der Waals surface area contributed by atoms with E-state index in [2.05, 4.69) is 10.3 Å². The topological polar surface area (TPSA) is 79.3 Å². The second kappa shape index (κ2) is 7.51. The summed E-state index contributed by atoms with van der Waals surface area (Å²) in [6.45, 7) is 0. The van der Waals surface area contributed by atoms with Crippen molar-refractivity contribution >= 4 is 62.1 Å². The number of carboxylic acids is 1. The summed E-state index contributed by atoms with van der Waals surface area (Å²) in [6, 6.07) is 8.21. The first-order valence-electron chi connectivity index (χ1n) is 8.01. The molecule has 0 aliphatic heterocycles. The molecule has 146 valence electrons. The van der Waals surface area contributed by atoms with E-state index in [0.29, 0.717) is 5.52 Å². The van der Waals surface area contributed by atoms with Crippen LogP contribution in [0.1, 0.15) is 20.2 Å². The first-order valence-corrected chi connectivity index (χ1v) is 10.1. The van der Waals surface area contributed by atoms with Gasteiger partial charge in [0.25, 0.3) is 5.91 Å². The van der Waals surface area contributed by atoms with E-state index in [1.165, 1.54) is 29.6 Å². The Morgan fingerprint density at radius 1 is 1.14 bits per heavy atom. The molecule has 0 bridgehead atoms. The molecule has 29 heavy (non-hydrogen) atoms. The van der Waals surface area contributed by atoms with Crippen LogP contribution in [0.25, 0.3) is 20.7 Å². The zero-order valence-corrected chi connectivity index (χ0v) is 16.6. The smallest absolute Gasteiger partial charge is 0.339 e. The molecule has 4 aromatic rings. The minimum absolute atomic E-state index is 0.00317. The summed E-state index contributed by atoms with van der Waals surface area (Å²) in [5, 5.41) is 13.7. The summed E-state index contributed by atoms with van der Waals surface area (Å²) in [5.74, 6) is -3.20. The first kappa shape index (κ1) is 19.4. The molecular weight excluding hydrogens is 442 g/mol. The van der Waals surface area contributed by atoms with Gasteiger partial charge in [-0.25, -0.2) is 18.6 Å². The number of carbonyl (C=O) groups is 2. The fraction of sp³-hybridized carbons (Fsp3) is 0. The van der Waals surface area contributed by atoms with Crippen LogP contribution in [0.2, 0.25) is 5.02 Å². The minimum Gasteiger partial charge on any atom is -0.478 e. The molecule has 0 radical (unpaired) electrons. The SMILES string of the molecule is O=C(Nc1csc(-c2ccc(Cl)cc2F)c1C(=O)O)c1nc2cccc(F)c2s1. The van der Waals surface area contributed by atoms with Gasteiger partial charge in [-0.1, -0.05) is 17.7 Å². The van der Waals surface area contributed by atoms with Crippen molar-refractivity contribution in [2.45, 2.75) is 0 Å². The van der Waals surface area contributed by atoms with Crippen molar-refractivity contribution in [3.63, 3.8) is 0 Å². The van der Waals surface area contributed by atoms with Gasteiger partial charge in [-0.15, -0.1) is 22.7 Å². The van der Waals surface area contributed by atoms with Gasteiger partial charge in [0.2, 0.25) is 0 Å². The van der Waals surface area contributed by atoms with Crippen LogP contribution in [0, 0.1) is 11.6 Å². The van der Waals surface area contributed by atoms with E-state index in [1.807, 2.05) is 0 Å². The molecular formula is C19H9ClF2N2O3S2. The third-order valence-corrected chi connectivity index (χ3v) is 6.32. The van der Waals surface area contributed by atoms with Crippen LogP contribution in [0.4, 0.5) is 14.5 Å². The summed E-state index contributed by atoms with van der Waals surface area (Å²) < 4.78 is 28.3. The van der Waals surface area contributed by atoms with E-state index in [4.69, 9.17) is 11.6 Å². The Morgan fingerprint density at radius 3 is 2.62 bits per heavy atom. The van der Waals surface area contributed by atoms with Crippen LogP contribution in [0.15, 0.2) is 41.8 Å². The summed E-state index contributed by atoms with van der Waals surface area (Å²) in [5.41, 5.74) is 0.126. The number of carbonyl (C=O) groups excluding carboxylic acids is 1. The lowest BCUT2D eigenvalue weighted by Crippen LogP contribution is -2.13. The summed E-state index contributed by atoms with van der Waals surface area (Å²) >= 11 is 7.57. The van der Waals surface area contributed by atoms with Crippen LogP contribution in [-0.4, -0.2) is 22.0 Å². The van der Waals surface area contributed by atoms with Crippen LogP contribution in [-0.2, 0) is 0 Å². The standard InChI is InChI=1S/C19H9ClF2N2O3S2/c20-8-4-5-9(11(22)6-8)15-14(19(26)27)13(7-28-15)23-17(25)18-24-12-3-1-2-10(21)16(12)29-18/h1-7H,(H,23,25)(H,26,27). The van der Waals surface area contributed by atoms with E-state index in [9.17, 15) is 23.5 Å². The molecule has 5 nitrogen and oxygen atoms in total. The van der Waals surface area contributed by atoms with Crippen molar-refractivity contribution in [3.8, 4) is 10.4 Å². The molecule has 0 fully saturated rings. The molecule has 0 saturated carbocycles. The largest absolute Gasteiger partial charge is 0.478 e. The van der Waals surface area contributed by atoms with Crippen LogP contribution < -0.4 is 5.32 Å². The summed E-state index contributed by atoms with van der Waals surface area (Å²) in [7, 11) is 0. The number of aromatic carboxylic acids is 1. The highest BCUT2D eigenvalue weighted by molar-refractivity contribution is 7.20. The molecule has 0 atom stereocenters. The van der Waals surface area contributed by atoms with E-state index >= 15 is 0 Å². The van der Waals surface area contributed by atoms with Crippen LogP contribution >= 0.6 is 34.3 Å². The zero-order chi connectivity index (χ0) is 20.7. The van der Waals surface area contributed by atoms with Crippen molar-refractivity contribution in [2.24, 2.45) is 0 Å². The number of rotatable bonds is 4. The van der Waals surface area contributed by atoms with Crippen LogP contribution in [0.3, 0.4) is 0 Å². The molecule has 0 spiro atoms. The number of anilines is 1. The van der Waals surface area contributed by atoms with Gasteiger partial charge in [-0.2, -0.15) is 0 Å². The molecule has 0 unspecified atom stereocenters. The Bertz CT molecular complexity index is 1290. The third kappa shape index (κ3) is 3.59. The van der Waals surface area contributed by atoms with Gasteiger partial charge < -0.3 is 10.4 Å². The highest BCUT2D eigenvalue weighted by Crippen LogP contribution is 2.38. The van der Waals surface area contributed by atoms with E-state index in [0.717, 1.165) is 28.7 Å². The molecule has 0 saturated heterocycles. The van der Waals surface area contributed by atoms with Crippen molar-refractivity contribution < 1.29 is 23.5 Å². The maximum Gasteiger partial charge on any atom is 0.339 e. The van der Waals surface area contributed by atoms with Gasteiger partial charge in [0.05, 0.1) is 20.8 Å². The lowest BCUT2D eigenvalue weighted by atomic mass is 10.1. The van der Waals surface area contributed by atoms with E-state index in [-0.39, 0.29) is 36.4 Å². The maximum absolute atomic E-state index is 14.3. The Kier molecular flexibility index (Phi) is 5.03. The number of nitrogens with zero attached hydrogens (tertiary/aromatic N) is 1. The number of nitrogens with one attached hydrogen (secondary N) is 1. The van der Waals surface area contributed by atoms with E-state index < -0.39 is 23.5 Å². The molecule has 0 aliphatic rings. The molecule has 1 amide bonds. The number of benzene rings is 2. The monoisotopic (exact) mass is 450 g/mol. The fourth-order valence-electron chi connectivity index (χ4n) is 2.72. The maximum atomic E-state index is 14.3. The number of halogens is 3. The fourth-order valence-corrected chi connectivity index (χ4v) is 4.77. The zero-order valence-electron chi connectivity index (χ0n) is 14.2. The van der Waals surface area contributed by atoms with E-state index in [1.54, 1.807) is 6.07 Å². The number of fused-ring (bicyclic) bond motifs is 1. The average Bonchev–Trinajstić information content (AvgIpc) is 3.27. The number of thiazole rings is 1. The second-order valence-electron chi connectivity index (χ2n) is 5.84. The average molecular weight is 451 g/mol. The lowest BCUT2D eigenvalue weighted by molar-refractivity contribution is 0.0699. The molecule has 2 heterocycles. The Morgan fingerprint density at radius 2 is 1.93 bits per heavy atom. The van der Waals surface area contributed by atoms with Crippen molar-refractivity contribution in [2.75, 3.05) is 5.32 Å². The number of carboxylic acid groups (broad SMARTS) is 1. The van der Waals surface area contributed by atoms with Crippen molar-refractivity contribution in [1.29, 1.82) is 0 Å². The predicted octanol–water partition coefficient (Wildman–Crippen LogP) is 5.91. The third-order valence-electron chi connectivity index (χ3n) is 3.99. The number of aromatic nitrogens is 1. The Labute approximate surface area is 175 Å². The van der Waals surface area contributed by atoms with Gasteiger partial charge in [0.1, 0.15) is 17.2 Å². The number of hydrogen-bond donors (Lipinski definition) is 2. The van der Waals surface area contributed by atoms with Crippen molar-refractivity contribution in [1.82, 2.24) is 4.98 Å². The second-order valence-corrected chi connectivity index (χ2v) is 8.16. The molecule has 10 heteroatoms. The molecule has 2 aromatic heterocycles. The molecule has 0 aliphatic carbocycles. The highest BCUT2D eigenvalue weighted by atomic mass is 35.5. The summed E-state index contributed by atoms with van der Waals surface area (Å²) in [6.07, 6.45) is 0. The van der Waals surface area contributed by atoms with Gasteiger partial charge in [-0.05, 0) is 30.3 Å². The molecule has 4 rings (SSSR count). The lowest BCUT2D eigenvalue weighted by Gasteiger charge is -2.06. The normalized spacial score (nSPS) is 11.0. The number of thiophene rings is 1. The van der Waals surface area contributed by atoms with Gasteiger partial charge in [0, 0.05) is 16.0 Å². The quantitative estimate of drug-likeness (QED) is 0.405. The van der Waals surface area contributed by atoms with Gasteiger partial charge in [0.15, 0.2) is 5.01 Å². The summed E-state index contributed by atoms with van der Waals surface area (Å²) in [4.78, 5) is 28.6. The number of amides is 1. The molecule has 2 N–H and O–H groups in total. The Hall–Kier alpha value is -2.88. The highest BCUT2D eigenvalue weighted by Gasteiger charge is 2.24. The van der Waals surface area contributed by atoms with Gasteiger partial charge in [-0.3, -0.25) is 4.79 Å². The van der Waals surface area contributed by atoms with Crippen molar-refractivity contribution in [3.05, 3.63) is 69.0 Å². The molecule has 2 aromatic carbocycles.